The van der Waals surface area contributed by atoms with Crippen molar-refractivity contribution in [2.75, 3.05) is 18.4 Å². The van der Waals surface area contributed by atoms with Crippen LogP contribution in [0.25, 0.3) is 22.3 Å². The number of benzene rings is 2. The first-order valence-electron chi connectivity index (χ1n) is 13.7. The van der Waals surface area contributed by atoms with E-state index >= 15 is 0 Å². The van der Waals surface area contributed by atoms with Crippen molar-refractivity contribution in [3.8, 4) is 11.3 Å². The second kappa shape index (κ2) is 11.6. The zero-order valence-electron chi connectivity index (χ0n) is 22.9. The van der Waals surface area contributed by atoms with Gasteiger partial charge in [0.2, 0.25) is 0 Å². The van der Waals surface area contributed by atoms with Gasteiger partial charge in [0.15, 0.2) is 5.65 Å². The van der Waals surface area contributed by atoms with Crippen LogP contribution in [0.4, 0.5) is 16.2 Å². The Balaban J connectivity index is 1.15. The molecule has 1 aliphatic heterocycles. The fraction of sp³-hybridized carbons (Fsp3) is 0.200. The summed E-state index contributed by atoms with van der Waals surface area (Å²) >= 11 is 0. The van der Waals surface area contributed by atoms with Crippen LogP contribution in [-0.4, -0.2) is 56.3 Å². The first-order valence-corrected chi connectivity index (χ1v) is 15.1. The Morgan fingerprint density at radius 2 is 1.86 bits per heavy atom. The molecule has 13 heteroatoms. The van der Waals surface area contributed by atoms with Gasteiger partial charge in [-0.05, 0) is 61.6 Å². The van der Waals surface area contributed by atoms with E-state index in [2.05, 4.69) is 20.3 Å². The molecule has 0 bridgehead atoms. The number of nitrogens with zero attached hydrogens (tertiary/aromatic N) is 6. The second-order valence-electron chi connectivity index (χ2n) is 10.4. The topological polar surface area (TPSA) is 153 Å². The van der Waals surface area contributed by atoms with Crippen molar-refractivity contribution >= 4 is 38.5 Å². The minimum absolute atomic E-state index is 0.0852. The molecule has 1 aliphatic rings. The standard InChI is InChI=1S/C30H27N7O5S/c38-30(34-24-7-4-8-26(16-24)37(39)40)35-12-5-6-21(19-35)14-25-17-28(33-20-32-25)23-15-22-11-13-36(29(22)31-18-23)43(41,42)27-9-2-1-3-10-27/h1-4,7-11,13,15-18,20-21H,5-6,12,14,19H2,(H,34,38). The molecule has 218 valence electrons. The number of hydrogen-bond donors (Lipinski definition) is 1. The van der Waals surface area contributed by atoms with Crippen molar-refractivity contribution in [3.63, 3.8) is 0 Å². The highest BCUT2D eigenvalue weighted by Gasteiger charge is 2.25. The molecule has 12 nitrogen and oxygen atoms in total. The van der Waals surface area contributed by atoms with Gasteiger partial charge in [-0.2, -0.15) is 0 Å². The van der Waals surface area contributed by atoms with Crippen LogP contribution in [0.15, 0.2) is 96.4 Å². The summed E-state index contributed by atoms with van der Waals surface area (Å²) in [5.74, 6) is 0.171. The van der Waals surface area contributed by atoms with Crippen LogP contribution in [0.1, 0.15) is 18.5 Å². The number of urea groups is 1. The number of likely N-dealkylation sites (tertiary alicyclic amines) is 1. The van der Waals surface area contributed by atoms with E-state index in [9.17, 15) is 23.3 Å². The average Bonchev–Trinajstić information content (AvgIpc) is 3.46. The number of nitrogens with one attached hydrogen (secondary N) is 1. The third-order valence-electron chi connectivity index (χ3n) is 7.43. The summed E-state index contributed by atoms with van der Waals surface area (Å²) in [4.78, 5) is 38.7. The van der Waals surface area contributed by atoms with E-state index in [0.29, 0.717) is 41.9 Å². The number of aromatic nitrogens is 4. The lowest BCUT2D eigenvalue weighted by atomic mass is 9.93. The van der Waals surface area contributed by atoms with Gasteiger partial charge in [-0.25, -0.2) is 32.1 Å². The summed E-state index contributed by atoms with van der Waals surface area (Å²) in [6, 6.07) is 19.2. The molecule has 43 heavy (non-hydrogen) atoms. The molecule has 3 aromatic heterocycles. The number of fused-ring (bicyclic) bond motifs is 1. The summed E-state index contributed by atoms with van der Waals surface area (Å²) < 4.78 is 27.5. The maximum absolute atomic E-state index is 13.1. The molecule has 0 aliphatic carbocycles. The molecular weight excluding hydrogens is 570 g/mol. The average molecular weight is 598 g/mol. The Morgan fingerprint density at radius 1 is 1.02 bits per heavy atom. The van der Waals surface area contributed by atoms with E-state index in [1.165, 1.54) is 34.7 Å². The predicted molar refractivity (Wildman–Crippen MR) is 160 cm³/mol. The van der Waals surface area contributed by atoms with E-state index in [1.54, 1.807) is 53.6 Å². The van der Waals surface area contributed by atoms with E-state index in [4.69, 9.17) is 0 Å². The molecule has 0 radical (unpaired) electrons. The maximum Gasteiger partial charge on any atom is 0.321 e. The smallest absolute Gasteiger partial charge is 0.321 e. The fourth-order valence-corrected chi connectivity index (χ4v) is 6.65. The van der Waals surface area contributed by atoms with Crippen LogP contribution in [0, 0.1) is 16.0 Å². The highest BCUT2D eigenvalue weighted by Crippen LogP contribution is 2.27. The van der Waals surface area contributed by atoms with Crippen LogP contribution in [0.3, 0.4) is 0 Å². The SMILES string of the molecule is O=C(Nc1cccc([N+](=O)[O-])c1)N1CCCC(Cc2cc(-c3cnc4c(ccn4S(=O)(=O)c4ccccc4)c3)ncn2)C1. The first-order chi connectivity index (χ1) is 20.8. The summed E-state index contributed by atoms with van der Waals surface area (Å²) in [6.07, 6.45) is 6.99. The van der Waals surface area contributed by atoms with Gasteiger partial charge in [0, 0.05) is 59.9 Å². The molecule has 0 spiro atoms. The maximum atomic E-state index is 13.1. The highest BCUT2D eigenvalue weighted by atomic mass is 32.2. The Labute approximate surface area is 247 Å². The van der Waals surface area contributed by atoms with Crippen molar-refractivity contribution in [3.05, 3.63) is 107 Å². The number of rotatable bonds is 7. The normalized spacial score (nSPS) is 15.3. The molecular formula is C30H27N7O5S. The molecule has 0 saturated carbocycles. The van der Waals surface area contributed by atoms with Gasteiger partial charge < -0.3 is 10.2 Å². The van der Waals surface area contributed by atoms with E-state index < -0.39 is 14.9 Å². The third kappa shape index (κ3) is 5.93. The number of nitro groups is 1. The van der Waals surface area contributed by atoms with Crippen LogP contribution < -0.4 is 5.32 Å². The monoisotopic (exact) mass is 597 g/mol. The lowest BCUT2D eigenvalue weighted by Crippen LogP contribution is -2.42. The number of piperidine rings is 1. The van der Waals surface area contributed by atoms with Gasteiger partial charge in [0.25, 0.3) is 15.7 Å². The number of non-ortho nitro benzene ring substituents is 1. The molecule has 1 atom stereocenters. The zero-order chi connectivity index (χ0) is 30.0. The van der Waals surface area contributed by atoms with Gasteiger partial charge in [0.1, 0.15) is 6.33 Å². The van der Waals surface area contributed by atoms with Crippen molar-refractivity contribution < 1.29 is 18.1 Å². The molecule has 1 N–H and O–H groups in total. The number of nitro benzene ring substituents is 1. The summed E-state index contributed by atoms with van der Waals surface area (Å²) in [5, 5.41) is 14.5. The van der Waals surface area contributed by atoms with Crippen LogP contribution in [0.2, 0.25) is 0 Å². The van der Waals surface area contributed by atoms with E-state index in [1.807, 2.05) is 12.1 Å². The van der Waals surface area contributed by atoms with Gasteiger partial charge in [-0.3, -0.25) is 10.1 Å². The highest BCUT2D eigenvalue weighted by molar-refractivity contribution is 7.90. The second-order valence-corrected chi connectivity index (χ2v) is 12.2. The van der Waals surface area contributed by atoms with E-state index in [0.717, 1.165) is 24.1 Å². The van der Waals surface area contributed by atoms with Crippen LogP contribution >= 0.6 is 0 Å². The minimum Gasteiger partial charge on any atom is -0.324 e. The summed E-state index contributed by atoms with van der Waals surface area (Å²) in [5.41, 5.74) is 2.83. The number of carbonyl (C=O) groups excluding carboxylic acids is 1. The van der Waals surface area contributed by atoms with Gasteiger partial charge >= 0.3 is 6.03 Å². The van der Waals surface area contributed by atoms with Crippen molar-refractivity contribution in [1.82, 2.24) is 23.8 Å². The Kier molecular flexibility index (Phi) is 7.55. The van der Waals surface area contributed by atoms with E-state index in [-0.39, 0.29) is 22.5 Å². The lowest BCUT2D eigenvalue weighted by molar-refractivity contribution is -0.384. The minimum atomic E-state index is -3.79. The summed E-state index contributed by atoms with van der Waals surface area (Å²) in [7, 11) is -3.79. The lowest BCUT2D eigenvalue weighted by Gasteiger charge is -2.32. The number of amides is 2. The quantitative estimate of drug-likeness (QED) is 0.200. The summed E-state index contributed by atoms with van der Waals surface area (Å²) in [6.45, 7) is 1.12. The molecule has 6 rings (SSSR count). The molecule has 1 fully saturated rings. The van der Waals surface area contributed by atoms with Gasteiger partial charge in [0.05, 0.1) is 15.5 Å². The number of anilines is 1. The molecule has 1 saturated heterocycles. The first kappa shape index (κ1) is 28.0. The molecule has 4 heterocycles. The largest absolute Gasteiger partial charge is 0.324 e. The molecule has 2 amide bonds. The van der Waals surface area contributed by atoms with Gasteiger partial charge in [-0.15, -0.1) is 0 Å². The molecule has 2 aromatic carbocycles. The molecule has 5 aromatic rings. The number of pyridine rings is 1. The van der Waals surface area contributed by atoms with Crippen molar-refractivity contribution in [2.45, 2.75) is 24.2 Å². The fourth-order valence-electron chi connectivity index (χ4n) is 5.32. The predicted octanol–water partition coefficient (Wildman–Crippen LogP) is 5.13. The third-order valence-corrected chi connectivity index (χ3v) is 9.11. The van der Waals surface area contributed by atoms with Crippen LogP contribution in [-0.2, 0) is 16.4 Å². The van der Waals surface area contributed by atoms with Crippen LogP contribution in [0.5, 0.6) is 0 Å². The number of carbonyl (C=O) groups is 1. The number of hydrogen-bond acceptors (Lipinski definition) is 8. The Bertz CT molecular complexity index is 1930. The Morgan fingerprint density at radius 3 is 2.67 bits per heavy atom. The van der Waals surface area contributed by atoms with Gasteiger partial charge in [-0.1, -0.05) is 24.3 Å². The van der Waals surface area contributed by atoms with Crippen molar-refractivity contribution in [2.24, 2.45) is 5.92 Å². The van der Waals surface area contributed by atoms with Crippen molar-refractivity contribution in [1.29, 1.82) is 0 Å². The molecule has 1 unspecified atom stereocenters. The zero-order valence-corrected chi connectivity index (χ0v) is 23.7. The Hall–Kier alpha value is -5.17.